The first-order valence-corrected chi connectivity index (χ1v) is 7.93. The molecular weight excluding hydrogens is 328 g/mol. The number of rotatable bonds is 3. The average molecular weight is 345 g/mol. The summed E-state index contributed by atoms with van der Waals surface area (Å²) < 4.78 is 27.9. The van der Waals surface area contributed by atoms with Crippen molar-refractivity contribution in [3.05, 3.63) is 70.8 Å². The van der Waals surface area contributed by atoms with Crippen LogP contribution < -0.4 is 0 Å². The second-order valence-corrected chi connectivity index (χ2v) is 6.17. The minimum Gasteiger partial charge on any atom is -0.481 e. The lowest BCUT2D eigenvalue weighted by atomic mass is 9.88. The highest BCUT2D eigenvalue weighted by Gasteiger charge is 2.35. The van der Waals surface area contributed by atoms with Crippen molar-refractivity contribution >= 4 is 11.9 Å². The predicted molar refractivity (Wildman–Crippen MR) is 87.0 cm³/mol. The smallest absolute Gasteiger partial charge is 0.312 e. The molecule has 0 spiro atoms. The molecule has 2 aromatic rings. The Bertz CT molecular complexity index is 817. The van der Waals surface area contributed by atoms with Crippen LogP contribution in [0, 0.1) is 11.6 Å². The van der Waals surface area contributed by atoms with Gasteiger partial charge < -0.3 is 10.0 Å². The van der Waals surface area contributed by atoms with Crippen molar-refractivity contribution in [2.45, 2.75) is 25.3 Å². The Morgan fingerprint density at radius 3 is 2.40 bits per heavy atom. The molecule has 0 radical (unpaired) electrons. The monoisotopic (exact) mass is 345 g/mol. The molecule has 0 aromatic heterocycles. The molecule has 2 atom stereocenters. The standard InChI is InChI=1S/C19H17F2NO3/c1-11(17-15(20)7-4-8-16(17)21)18(23)22-9-12-5-2-3-6-13(12)14(10-22)19(24)25/h2-8,11,14H,9-10H2,1H3,(H,24,25). The SMILES string of the molecule is CC(C(=O)N1Cc2ccccc2C(C(=O)O)C1)c1c(F)cccc1F. The molecule has 1 N–H and O–H groups in total. The second-order valence-electron chi connectivity index (χ2n) is 6.17. The van der Waals surface area contributed by atoms with Crippen molar-refractivity contribution in [3.8, 4) is 0 Å². The van der Waals surface area contributed by atoms with Crippen molar-refractivity contribution in [1.82, 2.24) is 4.90 Å². The summed E-state index contributed by atoms with van der Waals surface area (Å²) >= 11 is 0. The van der Waals surface area contributed by atoms with Gasteiger partial charge in [-0.05, 0) is 30.2 Å². The lowest BCUT2D eigenvalue weighted by molar-refractivity contribution is -0.141. The van der Waals surface area contributed by atoms with Crippen molar-refractivity contribution in [1.29, 1.82) is 0 Å². The molecule has 1 amide bonds. The molecule has 0 aliphatic carbocycles. The molecule has 0 bridgehead atoms. The second kappa shape index (κ2) is 6.63. The van der Waals surface area contributed by atoms with Crippen LogP contribution in [-0.2, 0) is 16.1 Å². The van der Waals surface area contributed by atoms with Gasteiger partial charge in [0.25, 0.3) is 0 Å². The number of carboxylic acids is 1. The Balaban J connectivity index is 1.92. The van der Waals surface area contributed by atoms with Crippen LogP contribution in [0.25, 0.3) is 0 Å². The molecule has 6 heteroatoms. The number of carboxylic acid groups (broad SMARTS) is 1. The molecule has 0 fully saturated rings. The number of amides is 1. The highest BCUT2D eigenvalue weighted by Crippen LogP contribution is 2.31. The van der Waals surface area contributed by atoms with E-state index in [1.807, 2.05) is 0 Å². The molecule has 25 heavy (non-hydrogen) atoms. The van der Waals surface area contributed by atoms with Crippen molar-refractivity contribution in [2.24, 2.45) is 0 Å². The Kier molecular flexibility index (Phi) is 4.53. The molecule has 2 aromatic carbocycles. The Labute approximate surface area is 143 Å². The molecule has 4 nitrogen and oxygen atoms in total. The summed E-state index contributed by atoms with van der Waals surface area (Å²) in [6.45, 7) is 1.63. The van der Waals surface area contributed by atoms with Crippen LogP contribution in [0.4, 0.5) is 8.78 Å². The van der Waals surface area contributed by atoms with Gasteiger partial charge in [-0.3, -0.25) is 9.59 Å². The number of nitrogens with zero attached hydrogens (tertiary/aromatic N) is 1. The van der Waals surface area contributed by atoms with Gasteiger partial charge in [0.1, 0.15) is 11.6 Å². The van der Waals surface area contributed by atoms with Crippen molar-refractivity contribution in [3.63, 3.8) is 0 Å². The van der Waals surface area contributed by atoms with E-state index >= 15 is 0 Å². The van der Waals surface area contributed by atoms with E-state index in [1.165, 1.54) is 17.9 Å². The lowest BCUT2D eigenvalue weighted by Crippen LogP contribution is -2.42. The minimum absolute atomic E-state index is 0.0222. The number of hydrogen-bond acceptors (Lipinski definition) is 2. The first kappa shape index (κ1) is 17.1. The third-order valence-corrected chi connectivity index (χ3v) is 4.61. The van der Waals surface area contributed by atoms with Gasteiger partial charge in [-0.2, -0.15) is 0 Å². The normalized spacial score (nSPS) is 17.7. The predicted octanol–water partition coefficient (Wildman–Crippen LogP) is 3.28. The molecule has 1 heterocycles. The number of fused-ring (bicyclic) bond motifs is 1. The zero-order valence-electron chi connectivity index (χ0n) is 13.6. The maximum atomic E-state index is 14.0. The van der Waals surface area contributed by atoms with Gasteiger partial charge in [-0.15, -0.1) is 0 Å². The van der Waals surface area contributed by atoms with Gasteiger partial charge in [-0.1, -0.05) is 30.3 Å². The summed E-state index contributed by atoms with van der Waals surface area (Å²) in [5.74, 6) is -4.99. The van der Waals surface area contributed by atoms with Crippen LogP contribution in [0.5, 0.6) is 0 Å². The maximum Gasteiger partial charge on any atom is 0.312 e. The van der Waals surface area contributed by atoms with Crippen LogP contribution in [0.3, 0.4) is 0 Å². The minimum atomic E-state index is -1.04. The summed E-state index contributed by atoms with van der Waals surface area (Å²) in [6, 6.07) is 10.5. The fraction of sp³-hybridized carbons (Fsp3) is 0.263. The van der Waals surface area contributed by atoms with E-state index in [0.717, 1.165) is 17.7 Å². The molecule has 0 saturated carbocycles. The molecule has 2 unspecified atom stereocenters. The number of halogens is 2. The van der Waals surface area contributed by atoms with Crippen LogP contribution in [-0.4, -0.2) is 28.4 Å². The van der Waals surface area contributed by atoms with E-state index in [1.54, 1.807) is 24.3 Å². The van der Waals surface area contributed by atoms with E-state index in [-0.39, 0.29) is 18.7 Å². The van der Waals surface area contributed by atoms with Gasteiger partial charge in [0.2, 0.25) is 5.91 Å². The quantitative estimate of drug-likeness (QED) is 0.929. The number of hydrogen-bond donors (Lipinski definition) is 1. The largest absolute Gasteiger partial charge is 0.481 e. The maximum absolute atomic E-state index is 14.0. The summed E-state index contributed by atoms with van der Waals surface area (Å²) in [5.41, 5.74) is 1.11. The van der Waals surface area contributed by atoms with Gasteiger partial charge in [-0.25, -0.2) is 8.78 Å². The third-order valence-electron chi connectivity index (χ3n) is 4.61. The van der Waals surface area contributed by atoms with E-state index in [2.05, 4.69) is 0 Å². The fourth-order valence-corrected chi connectivity index (χ4v) is 3.31. The highest BCUT2D eigenvalue weighted by atomic mass is 19.1. The number of benzene rings is 2. The van der Waals surface area contributed by atoms with Crippen LogP contribution in [0.15, 0.2) is 42.5 Å². The Morgan fingerprint density at radius 1 is 1.12 bits per heavy atom. The number of carbonyl (C=O) groups is 2. The zero-order chi connectivity index (χ0) is 18.1. The van der Waals surface area contributed by atoms with Crippen molar-refractivity contribution in [2.75, 3.05) is 6.54 Å². The summed E-state index contributed by atoms with van der Waals surface area (Å²) in [7, 11) is 0. The summed E-state index contributed by atoms with van der Waals surface area (Å²) in [6.07, 6.45) is 0. The first-order chi connectivity index (χ1) is 11.9. The summed E-state index contributed by atoms with van der Waals surface area (Å²) in [4.78, 5) is 25.7. The summed E-state index contributed by atoms with van der Waals surface area (Å²) in [5, 5.41) is 9.47. The average Bonchev–Trinajstić information content (AvgIpc) is 2.59. The van der Waals surface area contributed by atoms with E-state index in [0.29, 0.717) is 5.56 Å². The molecule has 1 aliphatic rings. The Hall–Kier alpha value is -2.76. The topological polar surface area (TPSA) is 57.6 Å². The van der Waals surface area contributed by atoms with E-state index in [4.69, 9.17) is 0 Å². The molecule has 130 valence electrons. The third kappa shape index (κ3) is 3.12. The van der Waals surface area contributed by atoms with Crippen LogP contribution in [0.1, 0.15) is 35.4 Å². The van der Waals surface area contributed by atoms with Crippen molar-refractivity contribution < 1.29 is 23.5 Å². The van der Waals surface area contributed by atoms with Gasteiger partial charge >= 0.3 is 5.97 Å². The van der Waals surface area contributed by atoms with Gasteiger partial charge in [0.15, 0.2) is 0 Å². The van der Waals surface area contributed by atoms with Gasteiger partial charge in [0.05, 0.1) is 11.8 Å². The highest BCUT2D eigenvalue weighted by molar-refractivity contribution is 5.85. The zero-order valence-corrected chi connectivity index (χ0v) is 13.6. The number of aliphatic carboxylic acids is 1. The van der Waals surface area contributed by atoms with Crippen LogP contribution >= 0.6 is 0 Å². The first-order valence-electron chi connectivity index (χ1n) is 7.93. The molecule has 3 rings (SSSR count). The lowest BCUT2D eigenvalue weighted by Gasteiger charge is -2.34. The Morgan fingerprint density at radius 2 is 1.76 bits per heavy atom. The van der Waals surface area contributed by atoms with E-state index < -0.39 is 35.3 Å². The fourth-order valence-electron chi connectivity index (χ4n) is 3.31. The van der Waals surface area contributed by atoms with E-state index in [9.17, 15) is 23.5 Å². The molecular formula is C19H17F2NO3. The van der Waals surface area contributed by atoms with Crippen LogP contribution in [0.2, 0.25) is 0 Å². The molecule has 0 saturated heterocycles. The number of carbonyl (C=O) groups excluding carboxylic acids is 1. The molecule has 1 aliphatic heterocycles. The van der Waals surface area contributed by atoms with Gasteiger partial charge in [0, 0.05) is 18.7 Å².